The molecule has 1 rings (SSSR count). The van der Waals surface area contributed by atoms with Crippen LogP contribution in [0.15, 0.2) is 0 Å². The Morgan fingerprint density at radius 3 is 2.82 bits per heavy atom. The average molecular weight is 158 g/mol. The molecule has 4 nitrogen and oxygen atoms in total. The Kier molecular flexibility index (Phi) is 2.84. The third-order valence-corrected chi connectivity index (χ3v) is 1.51. The van der Waals surface area contributed by atoms with Crippen LogP contribution < -0.4 is 11.1 Å². The van der Waals surface area contributed by atoms with Crippen LogP contribution in [-0.2, 0) is 9.53 Å². The van der Waals surface area contributed by atoms with Crippen molar-refractivity contribution in [3.8, 4) is 0 Å². The second-order valence-electron chi connectivity index (χ2n) is 2.98. The number of amides is 1. The van der Waals surface area contributed by atoms with Gasteiger partial charge in [-0.1, -0.05) is 0 Å². The standard InChI is InChI=1S/C7H14N2O2/c1-5(8)2-7(10)9-6-3-11-4-6/h5-6H,2-4,8H2,1H3,(H,9,10). The van der Waals surface area contributed by atoms with E-state index in [1.807, 2.05) is 6.92 Å². The summed E-state index contributed by atoms with van der Waals surface area (Å²) < 4.78 is 4.89. The molecule has 1 fully saturated rings. The third kappa shape index (κ3) is 2.86. The molecule has 0 saturated carbocycles. The van der Waals surface area contributed by atoms with Crippen LogP contribution in [0.25, 0.3) is 0 Å². The first-order chi connectivity index (χ1) is 5.18. The van der Waals surface area contributed by atoms with Crippen LogP contribution in [0.3, 0.4) is 0 Å². The van der Waals surface area contributed by atoms with E-state index in [1.165, 1.54) is 0 Å². The molecule has 1 atom stereocenters. The fourth-order valence-corrected chi connectivity index (χ4v) is 0.898. The van der Waals surface area contributed by atoms with Crippen molar-refractivity contribution >= 4 is 5.91 Å². The molecule has 1 amide bonds. The van der Waals surface area contributed by atoms with Gasteiger partial charge in [-0.25, -0.2) is 0 Å². The minimum atomic E-state index is -0.0593. The average Bonchev–Trinajstić information content (AvgIpc) is 1.77. The van der Waals surface area contributed by atoms with E-state index < -0.39 is 0 Å². The van der Waals surface area contributed by atoms with Gasteiger partial charge in [0.25, 0.3) is 0 Å². The van der Waals surface area contributed by atoms with Crippen LogP contribution in [0.1, 0.15) is 13.3 Å². The second kappa shape index (κ2) is 3.69. The summed E-state index contributed by atoms with van der Waals surface area (Å²) in [6.45, 7) is 3.10. The van der Waals surface area contributed by atoms with E-state index in [0.29, 0.717) is 19.6 Å². The molecule has 0 radical (unpaired) electrons. The Labute approximate surface area is 66.1 Å². The molecule has 1 saturated heterocycles. The number of ether oxygens (including phenoxy) is 1. The first kappa shape index (κ1) is 8.49. The fourth-order valence-electron chi connectivity index (χ4n) is 0.898. The molecule has 0 aliphatic carbocycles. The van der Waals surface area contributed by atoms with Gasteiger partial charge in [0.05, 0.1) is 19.3 Å². The molecule has 0 aromatic carbocycles. The summed E-state index contributed by atoms with van der Waals surface area (Å²) in [5.41, 5.74) is 5.44. The zero-order valence-corrected chi connectivity index (χ0v) is 6.67. The monoisotopic (exact) mass is 158 g/mol. The number of nitrogens with one attached hydrogen (secondary N) is 1. The van der Waals surface area contributed by atoms with Crippen molar-refractivity contribution in [3.63, 3.8) is 0 Å². The fraction of sp³-hybridized carbons (Fsp3) is 0.857. The molecule has 3 N–H and O–H groups in total. The molecular formula is C7H14N2O2. The van der Waals surface area contributed by atoms with Gasteiger partial charge in [-0.3, -0.25) is 4.79 Å². The molecule has 0 aromatic rings. The first-order valence-corrected chi connectivity index (χ1v) is 3.81. The lowest BCUT2D eigenvalue weighted by Gasteiger charge is -2.27. The Bertz CT molecular complexity index is 143. The molecule has 1 heterocycles. The topological polar surface area (TPSA) is 64.4 Å². The Hall–Kier alpha value is -0.610. The predicted molar refractivity (Wildman–Crippen MR) is 41.0 cm³/mol. The van der Waals surface area contributed by atoms with E-state index in [2.05, 4.69) is 5.32 Å². The van der Waals surface area contributed by atoms with E-state index in [4.69, 9.17) is 10.5 Å². The lowest BCUT2D eigenvalue weighted by atomic mass is 10.2. The highest BCUT2D eigenvalue weighted by Crippen LogP contribution is 1.99. The SMILES string of the molecule is CC(N)CC(=O)NC1COC1. The normalized spacial score (nSPS) is 20.5. The van der Waals surface area contributed by atoms with Crippen molar-refractivity contribution in [2.75, 3.05) is 13.2 Å². The molecular weight excluding hydrogens is 144 g/mol. The maximum Gasteiger partial charge on any atom is 0.221 e. The van der Waals surface area contributed by atoms with Crippen LogP contribution in [0.5, 0.6) is 0 Å². The summed E-state index contributed by atoms with van der Waals surface area (Å²) in [6.07, 6.45) is 0.399. The van der Waals surface area contributed by atoms with E-state index in [1.54, 1.807) is 0 Å². The summed E-state index contributed by atoms with van der Waals surface area (Å²) in [5.74, 6) is 0.0216. The van der Waals surface area contributed by atoms with Gasteiger partial charge in [-0.15, -0.1) is 0 Å². The molecule has 11 heavy (non-hydrogen) atoms. The van der Waals surface area contributed by atoms with Gasteiger partial charge < -0.3 is 15.8 Å². The van der Waals surface area contributed by atoms with Crippen molar-refractivity contribution in [1.82, 2.24) is 5.32 Å². The summed E-state index contributed by atoms with van der Waals surface area (Å²) >= 11 is 0. The number of carbonyl (C=O) groups is 1. The highest BCUT2D eigenvalue weighted by atomic mass is 16.5. The number of hydrogen-bond donors (Lipinski definition) is 2. The highest BCUT2D eigenvalue weighted by Gasteiger charge is 2.20. The molecule has 0 bridgehead atoms. The zero-order chi connectivity index (χ0) is 8.27. The first-order valence-electron chi connectivity index (χ1n) is 3.81. The lowest BCUT2D eigenvalue weighted by Crippen LogP contribution is -2.49. The predicted octanol–water partition coefficient (Wildman–Crippen LogP) is -0.761. The van der Waals surface area contributed by atoms with Gasteiger partial charge in [-0.2, -0.15) is 0 Å². The van der Waals surface area contributed by atoms with Crippen LogP contribution in [0.4, 0.5) is 0 Å². The van der Waals surface area contributed by atoms with E-state index in [-0.39, 0.29) is 18.0 Å². The van der Waals surface area contributed by atoms with Crippen molar-refractivity contribution in [2.45, 2.75) is 25.4 Å². The summed E-state index contributed by atoms with van der Waals surface area (Å²) in [4.78, 5) is 11.0. The van der Waals surface area contributed by atoms with Gasteiger partial charge in [-0.05, 0) is 6.92 Å². The third-order valence-electron chi connectivity index (χ3n) is 1.51. The molecule has 1 unspecified atom stereocenters. The maximum atomic E-state index is 11.0. The molecule has 1 aliphatic heterocycles. The summed E-state index contributed by atoms with van der Waals surface area (Å²) in [7, 11) is 0. The zero-order valence-electron chi connectivity index (χ0n) is 6.67. The largest absolute Gasteiger partial charge is 0.377 e. The minimum absolute atomic E-state index is 0.0216. The quantitative estimate of drug-likeness (QED) is 0.567. The van der Waals surface area contributed by atoms with Crippen molar-refractivity contribution in [3.05, 3.63) is 0 Å². The van der Waals surface area contributed by atoms with Crippen molar-refractivity contribution in [1.29, 1.82) is 0 Å². The van der Waals surface area contributed by atoms with Gasteiger partial charge in [0, 0.05) is 12.5 Å². The number of rotatable bonds is 3. The Morgan fingerprint density at radius 1 is 1.82 bits per heavy atom. The van der Waals surface area contributed by atoms with Gasteiger partial charge in [0.1, 0.15) is 0 Å². The number of carbonyl (C=O) groups excluding carboxylic acids is 1. The van der Waals surface area contributed by atoms with E-state index >= 15 is 0 Å². The molecule has 4 heteroatoms. The molecule has 64 valence electrons. The number of hydrogen-bond acceptors (Lipinski definition) is 3. The van der Waals surface area contributed by atoms with Crippen LogP contribution in [0, 0.1) is 0 Å². The summed E-state index contributed by atoms with van der Waals surface area (Å²) in [5, 5.41) is 2.80. The second-order valence-corrected chi connectivity index (χ2v) is 2.98. The van der Waals surface area contributed by atoms with Gasteiger partial charge >= 0.3 is 0 Å². The minimum Gasteiger partial charge on any atom is -0.377 e. The van der Waals surface area contributed by atoms with Crippen LogP contribution in [0.2, 0.25) is 0 Å². The van der Waals surface area contributed by atoms with Crippen molar-refractivity contribution in [2.24, 2.45) is 5.73 Å². The smallest absolute Gasteiger partial charge is 0.221 e. The van der Waals surface area contributed by atoms with E-state index in [9.17, 15) is 4.79 Å². The van der Waals surface area contributed by atoms with Crippen LogP contribution >= 0.6 is 0 Å². The highest BCUT2D eigenvalue weighted by molar-refractivity contribution is 5.76. The lowest BCUT2D eigenvalue weighted by molar-refractivity contribution is -0.125. The molecule has 0 aromatic heterocycles. The molecule has 1 aliphatic rings. The van der Waals surface area contributed by atoms with Gasteiger partial charge in [0.2, 0.25) is 5.91 Å². The Balaban J connectivity index is 2.09. The van der Waals surface area contributed by atoms with E-state index in [0.717, 1.165) is 0 Å². The van der Waals surface area contributed by atoms with Crippen LogP contribution in [-0.4, -0.2) is 31.2 Å². The number of nitrogens with two attached hydrogens (primary N) is 1. The molecule has 0 spiro atoms. The maximum absolute atomic E-state index is 11.0. The van der Waals surface area contributed by atoms with Crippen molar-refractivity contribution < 1.29 is 9.53 Å². The summed E-state index contributed by atoms with van der Waals surface area (Å²) in [6, 6.07) is 0.164. The van der Waals surface area contributed by atoms with Gasteiger partial charge in [0.15, 0.2) is 0 Å². The Morgan fingerprint density at radius 2 is 2.45 bits per heavy atom.